The average Bonchev–Trinajstić information content (AvgIpc) is 3.10. The van der Waals surface area contributed by atoms with Gasteiger partial charge in [-0.15, -0.1) is 0 Å². The lowest BCUT2D eigenvalue weighted by atomic mass is 9.95. The van der Waals surface area contributed by atoms with Gasteiger partial charge in [0, 0.05) is 41.8 Å². The van der Waals surface area contributed by atoms with E-state index in [0.717, 1.165) is 17.9 Å². The van der Waals surface area contributed by atoms with E-state index in [1.54, 1.807) is 0 Å². The third-order valence-electron chi connectivity index (χ3n) is 4.37. The van der Waals surface area contributed by atoms with Crippen molar-refractivity contribution in [2.24, 2.45) is 5.73 Å². The molecule has 3 N–H and O–H groups in total. The first kappa shape index (κ1) is 15.8. The summed E-state index contributed by atoms with van der Waals surface area (Å²) in [6, 6.07) is 10.5. The first-order valence-corrected chi connectivity index (χ1v) is 8.12. The zero-order chi connectivity index (χ0) is 16.4. The predicted octanol–water partition coefficient (Wildman–Crippen LogP) is 2.25. The summed E-state index contributed by atoms with van der Waals surface area (Å²) in [4.78, 5) is 0. The van der Waals surface area contributed by atoms with E-state index >= 15 is 0 Å². The predicted molar refractivity (Wildman–Crippen MR) is 92.6 cm³/mol. The minimum absolute atomic E-state index is 0.0699. The number of nitrogens with two attached hydrogens (primary N) is 1. The second-order valence-electron chi connectivity index (χ2n) is 5.83. The molecule has 0 spiro atoms. The third kappa shape index (κ3) is 2.78. The van der Waals surface area contributed by atoms with Crippen LogP contribution >= 0.6 is 0 Å². The van der Waals surface area contributed by atoms with Gasteiger partial charge in [0.25, 0.3) is 0 Å². The number of rotatable bonds is 6. The lowest BCUT2D eigenvalue weighted by molar-refractivity contribution is 0.266. The van der Waals surface area contributed by atoms with Crippen molar-refractivity contribution in [1.29, 1.82) is 0 Å². The second kappa shape index (κ2) is 6.56. The van der Waals surface area contributed by atoms with Gasteiger partial charge in [-0.25, -0.2) is 0 Å². The Balaban J connectivity index is 2.15. The number of aromatic nitrogens is 3. The second-order valence-corrected chi connectivity index (χ2v) is 5.83. The Kier molecular flexibility index (Phi) is 4.50. The van der Waals surface area contributed by atoms with Crippen molar-refractivity contribution in [2.75, 3.05) is 13.2 Å². The fourth-order valence-corrected chi connectivity index (χ4v) is 3.34. The summed E-state index contributed by atoms with van der Waals surface area (Å²) < 4.78 is 4.14. The molecule has 2 heterocycles. The molecular formula is C18H24N4O. The molecule has 0 radical (unpaired) electrons. The zero-order valence-corrected chi connectivity index (χ0v) is 13.7. The highest BCUT2D eigenvalue weighted by atomic mass is 16.3. The molecule has 0 aliphatic carbocycles. The molecule has 5 nitrogen and oxygen atoms in total. The van der Waals surface area contributed by atoms with Crippen molar-refractivity contribution in [2.45, 2.75) is 32.9 Å². The number of benzene rings is 1. The zero-order valence-electron chi connectivity index (χ0n) is 13.7. The van der Waals surface area contributed by atoms with Crippen LogP contribution < -0.4 is 5.73 Å². The van der Waals surface area contributed by atoms with Gasteiger partial charge in [0.05, 0.1) is 18.8 Å². The highest BCUT2D eigenvalue weighted by Gasteiger charge is 2.22. The van der Waals surface area contributed by atoms with E-state index in [-0.39, 0.29) is 12.5 Å². The van der Waals surface area contributed by atoms with Crippen LogP contribution in [-0.4, -0.2) is 32.6 Å². The van der Waals surface area contributed by atoms with E-state index in [1.807, 2.05) is 11.6 Å². The van der Waals surface area contributed by atoms with Gasteiger partial charge >= 0.3 is 0 Å². The van der Waals surface area contributed by atoms with Gasteiger partial charge in [-0.05, 0) is 31.5 Å². The summed E-state index contributed by atoms with van der Waals surface area (Å²) in [5, 5.41) is 15.0. The molecule has 122 valence electrons. The monoisotopic (exact) mass is 312 g/mol. The SMILES string of the molecule is CCn1cc(C(CN)c2cc(C)nn2CCO)c2ccccc21. The Morgan fingerprint density at radius 1 is 1.30 bits per heavy atom. The Morgan fingerprint density at radius 2 is 2.09 bits per heavy atom. The summed E-state index contributed by atoms with van der Waals surface area (Å²) in [6.07, 6.45) is 2.20. The molecule has 0 saturated carbocycles. The van der Waals surface area contributed by atoms with Crippen LogP contribution in [0.2, 0.25) is 0 Å². The van der Waals surface area contributed by atoms with Gasteiger partial charge in [-0.2, -0.15) is 5.10 Å². The van der Waals surface area contributed by atoms with Crippen LogP contribution in [0.4, 0.5) is 0 Å². The van der Waals surface area contributed by atoms with Crippen LogP contribution in [0.25, 0.3) is 10.9 Å². The Morgan fingerprint density at radius 3 is 2.78 bits per heavy atom. The number of aliphatic hydroxyl groups is 1. The molecule has 23 heavy (non-hydrogen) atoms. The molecule has 0 bridgehead atoms. The number of nitrogens with zero attached hydrogens (tertiary/aromatic N) is 3. The molecule has 0 saturated heterocycles. The normalized spacial score (nSPS) is 12.9. The molecule has 2 aromatic heterocycles. The first-order valence-electron chi connectivity index (χ1n) is 8.12. The minimum Gasteiger partial charge on any atom is -0.394 e. The average molecular weight is 312 g/mol. The number of aryl methyl sites for hydroxylation is 2. The molecule has 0 fully saturated rings. The topological polar surface area (TPSA) is 69.0 Å². The van der Waals surface area contributed by atoms with E-state index in [4.69, 9.17) is 5.73 Å². The molecule has 0 aliphatic rings. The van der Waals surface area contributed by atoms with Crippen molar-refractivity contribution in [1.82, 2.24) is 14.3 Å². The number of hydrogen-bond acceptors (Lipinski definition) is 3. The standard InChI is InChI=1S/C18H24N4O/c1-3-21-12-16(14-6-4-5-7-17(14)21)15(11-19)18-10-13(2)20-22(18)8-9-23/h4-7,10,12,15,23H,3,8-9,11,19H2,1-2H3. The van der Waals surface area contributed by atoms with Crippen molar-refractivity contribution >= 4 is 10.9 Å². The van der Waals surface area contributed by atoms with Gasteiger partial charge in [0.2, 0.25) is 0 Å². The van der Waals surface area contributed by atoms with Crippen molar-refractivity contribution in [3.8, 4) is 0 Å². The third-order valence-corrected chi connectivity index (χ3v) is 4.37. The van der Waals surface area contributed by atoms with Crippen LogP contribution in [0.15, 0.2) is 36.5 Å². The molecule has 0 amide bonds. The summed E-state index contributed by atoms with van der Waals surface area (Å²) in [6.45, 7) is 6.11. The molecule has 0 aliphatic heterocycles. The number of para-hydroxylation sites is 1. The van der Waals surface area contributed by atoms with E-state index in [1.165, 1.54) is 16.5 Å². The molecular weight excluding hydrogens is 288 g/mol. The fourth-order valence-electron chi connectivity index (χ4n) is 3.34. The molecule has 5 heteroatoms. The number of aliphatic hydroxyl groups excluding tert-OH is 1. The Bertz CT molecular complexity index is 803. The van der Waals surface area contributed by atoms with Gasteiger partial charge in [0.15, 0.2) is 0 Å². The summed E-state index contributed by atoms with van der Waals surface area (Å²) in [5.74, 6) is 0.0699. The highest BCUT2D eigenvalue weighted by Crippen LogP contribution is 2.32. The largest absolute Gasteiger partial charge is 0.394 e. The lowest BCUT2D eigenvalue weighted by Gasteiger charge is -2.16. The maximum Gasteiger partial charge on any atom is 0.0644 e. The fraction of sp³-hybridized carbons (Fsp3) is 0.389. The maximum absolute atomic E-state index is 9.30. The van der Waals surface area contributed by atoms with Crippen molar-refractivity contribution in [3.63, 3.8) is 0 Å². The Hall–Kier alpha value is -2.11. The smallest absolute Gasteiger partial charge is 0.0644 e. The van der Waals surface area contributed by atoms with Crippen LogP contribution in [-0.2, 0) is 13.1 Å². The van der Waals surface area contributed by atoms with E-state index in [2.05, 4.69) is 53.1 Å². The van der Waals surface area contributed by atoms with Gasteiger partial charge in [-0.1, -0.05) is 18.2 Å². The van der Waals surface area contributed by atoms with E-state index in [0.29, 0.717) is 13.1 Å². The van der Waals surface area contributed by atoms with Gasteiger partial charge < -0.3 is 15.4 Å². The molecule has 3 rings (SSSR count). The first-order chi connectivity index (χ1) is 11.2. The maximum atomic E-state index is 9.30. The Labute approximate surface area is 136 Å². The highest BCUT2D eigenvalue weighted by molar-refractivity contribution is 5.85. The summed E-state index contributed by atoms with van der Waals surface area (Å²) in [5.41, 5.74) is 10.6. The number of hydrogen-bond donors (Lipinski definition) is 2. The van der Waals surface area contributed by atoms with Crippen LogP contribution in [0.3, 0.4) is 0 Å². The lowest BCUT2D eigenvalue weighted by Crippen LogP contribution is -2.19. The van der Waals surface area contributed by atoms with Crippen molar-refractivity contribution in [3.05, 3.63) is 53.5 Å². The van der Waals surface area contributed by atoms with Gasteiger partial charge in [-0.3, -0.25) is 4.68 Å². The van der Waals surface area contributed by atoms with Crippen LogP contribution in [0.5, 0.6) is 0 Å². The molecule has 1 atom stereocenters. The molecule has 1 aromatic carbocycles. The summed E-state index contributed by atoms with van der Waals surface area (Å²) >= 11 is 0. The quantitative estimate of drug-likeness (QED) is 0.733. The minimum atomic E-state index is 0.0699. The molecule has 3 aromatic rings. The van der Waals surface area contributed by atoms with Crippen LogP contribution in [0.1, 0.15) is 29.8 Å². The molecule has 1 unspecified atom stereocenters. The van der Waals surface area contributed by atoms with E-state index in [9.17, 15) is 5.11 Å². The summed E-state index contributed by atoms with van der Waals surface area (Å²) in [7, 11) is 0. The van der Waals surface area contributed by atoms with Gasteiger partial charge in [0.1, 0.15) is 0 Å². The van der Waals surface area contributed by atoms with Crippen molar-refractivity contribution < 1.29 is 5.11 Å². The van der Waals surface area contributed by atoms with Crippen LogP contribution in [0, 0.1) is 6.92 Å². The van der Waals surface area contributed by atoms with E-state index < -0.39 is 0 Å². The number of fused-ring (bicyclic) bond motifs is 1.